The number of esters is 4. The van der Waals surface area contributed by atoms with E-state index in [-0.39, 0.29) is 29.7 Å². The van der Waals surface area contributed by atoms with Crippen molar-refractivity contribution in [3.8, 4) is 5.75 Å². The van der Waals surface area contributed by atoms with Gasteiger partial charge in [0.25, 0.3) is 5.91 Å². The molecule has 81 heavy (non-hydrogen) atoms. The average Bonchev–Trinajstić information content (AvgIpc) is 1.41. The number of aliphatic hydroxyl groups is 1. The van der Waals surface area contributed by atoms with Crippen LogP contribution in [0.3, 0.4) is 0 Å². The van der Waals surface area contributed by atoms with Gasteiger partial charge in [0.2, 0.25) is 0 Å². The molecule has 9 rings (SSSR count). The number of fused-ring (bicyclic) bond motifs is 5. The van der Waals surface area contributed by atoms with Gasteiger partial charge in [-0.15, -0.1) is 0 Å². The highest BCUT2D eigenvalue weighted by Crippen LogP contribution is 2.65. The van der Waals surface area contributed by atoms with E-state index in [0.717, 1.165) is 5.56 Å². The van der Waals surface area contributed by atoms with Crippen LogP contribution in [0.2, 0.25) is 18.1 Å². The molecule has 0 spiro atoms. The van der Waals surface area contributed by atoms with Crippen LogP contribution < -0.4 is 4.74 Å². The zero-order valence-electron chi connectivity index (χ0n) is 48.1. The number of ether oxygens (including phenoxy) is 7. The first-order valence-corrected chi connectivity index (χ1v) is 30.6. The third-order valence-electron chi connectivity index (χ3n) is 18.4. The molecule has 12 unspecified atom stereocenters. The molecule has 0 radical (unpaired) electrons. The number of Topliss-reactive ketones (excluding diaryl/α,β-unsaturated/α-hetero) is 1. The lowest BCUT2D eigenvalue weighted by Gasteiger charge is -2.68. The Morgan fingerprint density at radius 3 is 1.94 bits per heavy atom. The molecular weight excluding hydrogens is 1050 g/mol. The number of carbonyl (C=O) groups excluding carboxylic acids is 6. The van der Waals surface area contributed by atoms with E-state index < -0.39 is 127 Å². The molecule has 2 bridgehead atoms. The number of rotatable bonds is 16. The maximum Gasteiger partial charge on any atom is 0.338 e. The molecule has 4 aromatic rings. The third kappa shape index (κ3) is 10.3. The third-order valence-corrected chi connectivity index (χ3v) is 23.0. The second-order valence-corrected chi connectivity index (χ2v) is 27.7. The molecule has 5 aliphatic rings. The monoisotopic (exact) mass is 1130 g/mol. The van der Waals surface area contributed by atoms with Crippen LogP contribution in [0.4, 0.5) is 0 Å². The number of methoxy groups -OCH3 is 1. The minimum absolute atomic E-state index is 0.0790. The molecule has 2 saturated carbocycles. The van der Waals surface area contributed by atoms with Gasteiger partial charge in [0.15, 0.2) is 38.1 Å². The van der Waals surface area contributed by atoms with Crippen molar-refractivity contribution in [2.45, 2.75) is 160 Å². The Bertz CT molecular complexity index is 3080. The van der Waals surface area contributed by atoms with Crippen LogP contribution in [-0.4, -0.2) is 115 Å². The van der Waals surface area contributed by atoms with E-state index in [2.05, 4.69) is 20.8 Å². The zero-order valence-corrected chi connectivity index (χ0v) is 49.1. The predicted octanol–water partition coefficient (Wildman–Crippen LogP) is 10.0. The molecule has 1 N–H and O–H groups in total. The summed E-state index contributed by atoms with van der Waals surface area (Å²) in [4.78, 5) is 91.3. The Morgan fingerprint density at radius 2 is 1.38 bits per heavy atom. The first kappa shape index (κ1) is 58.9. The molecule has 4 aromatic carbocycles. The summed E-state index contributed by atoms with van der Waals surface area (Å²) in [6.07, 6.45) is -8.10. The lowest BCUT2D eigenvalue weighted by atomic mass is 9.44. The molecular formula is C64H75NO15Si. The van der Waals surface area contributed by atoms with E-state index in [1.54, 1.807) is 120 Å². The van der Waals surface area contributed by atoms with E-state index in [0.29, 0.717) is 40.6 Å². The van der Waals surface area contributed by atoms with Crippen molar-refractivity contribution < 1.29 is 71.5 Å². The fourth-order valence-corrected chi connectivity index (χ4v) is 16.7. The molecule has 430 valence electrons. The summed E-state index contributed by atoms with van der Waals surface area (Å²) in [7, 11) is -1.13. The van der Waals surface area contributed by atoms with Gasteiger partial charge in [0.1, 0.15) is 29.7 Å². The van der Waals surface area contributed by atoms with Gasteiger partial charge in [0.05, 0.1) is 42.8 Å². The van der Waals surface area contributed by atoms with Gasteiger partial charge < -0.3 is 42.7 Å². The largest absolute Gasteiger partial charge is 0.497 e. The Morgan fingerprint density at radius 1 is 0.778 bits per heavy atom. The lowest BCUT2D eigenvalue weighted by molar-refractivity contribution is -0.344. The molecule has 4 fully saturated rings. The van der Waals surface area contributed by atoms with E-state index in [1.807, 2.05) is 36.4 Å². The van der Waals surface area contributed by atoms with Crippen LogP contribution >= 0.6 is 0 Å². The summed E-state index contributed by atoms with van der Waals surface area (Å²) in [6, 6.07) is 34.5. The van der Waals surface area contributed by atoms with Crippen LogP contribution in [-0.2, 0) is 56.8 Å². The van der Waals surface area contributed by atoms with Crippen LogP contribution in [0.5, 0.6) is 5.75 Å². The maximum atomic E-state index is 16.7. The van der Waals surface area contributed by atoms with Gasteiger partial charge in [-0.3, -0.25) is 24.1 Å². The van der Waals surface area contributed by atoms with E-state index in [4.69, 9.17) is 37.6 Å². The van der Waals surface area contributed by atoms with Crippen molar-refractivity contribution in [3.63, 3.8) is 0 Å². The highest BCUT2D eigenvalue weighted by molar-refractivity contribution is 6.73. The molecule has 2 saturated heterocycles. The average molecular weight is 1130 g/mol. The number of hydrogen-bond donors (Lipinski definition) is 1. The molecule has 1 amide bonds. The Hall–Kier alpha value is -6.76. The summed E-state index contributed by atoms with van der Waals surface area (Å²) < 4.78 is 52.3. The van der Waals surface area contributed by atoms with Crippen molar-refractivity contribution in [1.29, 1.82) is 0 Å². The minimum Gasteiger partial charge on any atom is -0.497 e. The van der Waals surface area contributed by atoms with Crippen molar-refractivity contribution in [1.82, 2.24) is 4.90 Å². The molecule has 0 aromatic heterocycles. The molecule has 3 aliphatic carbocycles. The van der Waals surface area contributed by atoms with Crippen LogP contribution in [0, 0.1) is 16.7 Å². The fraction of sp³-hybridized carbons (Fsp3) is 0.469. The Labute approximate surface area is 475 Å². The number of amides is 1. The molecule has 2 heterocycles. The van der Waals surface area contributed by atoms with E-state index in [1.165, 1.54) is 25.9 Å². The minimum atomic E-state index is -2.67. The van der Waals surface area contributed by atoms with Crippen LogP contribution in [0.1, 0.15) is 121 Å². The van der Waals surface area contributed by atoms with Crippen molar-refractivity contribution >= 4 is 50.0 Å². The number of nitrogens with zero attached hydrogens (tertiary/aromatic N) is 1. The maximum absolute atomic E-state index is 16.7. The van der Waals surface area contributed by atoms with Crippen molar-refractivity contribution in [2.24, 2.45) is 16.7 Å². The molecule has 12 atom stereocenters. The van der Waals surface area contributed by atoms with Gasteiger partial charge in [-0.25, -0.2) is 9.59 Å². The van der Waals surface area contributed by atoms with E-state index >= 15 is 14.4 Å². The van der Waals surface area contributed by atoms with Gasteiger partial charge in [-0.2, -0.15) is 0 Å². The first-order chi connectivity index (χ1) is 38.5. The van der Waals surface area contributed by atoms with Gasteiger partial charge in [-0.05, 0) is 91.5 Å². The Kier molecular flexibility index (Phi) is 16.6. The molecule has 2 aliphatic heterocycles. The first-order valence-electron chi connectivity index (χ1n) is 28.1. The normalized spacial score (nSPS) is 30.6. The quantitative estimate of drug-likeness (QED) is 0.0365. The number of hydrogen-bond acceptors (Lipinski definition) is 15. The summed E-state index contributed by atoms with van der Waals surface area (Å²) >= 11 is 0. The summed E-state index contributed by atoms with van der Waals surface area (Å²) in [5.41, 5.74) is -4.80. The van der Waals surface area contributed by atoms with Crippen molar-refractivity contribution in [3.05, 3.63) is 154 Å². The van der Waals surface area contributed by atoms with E-state index in [9.17, 15) is 19.5 Å². The summed E-state index contributed by atoms with van der Waals surface area (Å²) in [5.74, 6) is -5.27. The number of ketones is 1. The zero-order chi connectivity index (χ0) is 58.4. The SMILES string of the molecule is CC[Si](CC)(CC)OC1CC2OCC2(OC(C)=O)C2C(OC(=O)c3ccccc3)C3(O)CC(OC(=O)C4OC(c5ccc(OC)cc5)N(C(=O)/C(C)=C/c5ccccc5)C4c4ccccc4)C(C)=C(C(OC(C)=O)C(=O)C12C)C3(C)C. The highest BCUT2D eigenvalue weighted by atomic mass is 28.4. The van der Waals surface area contributed by atoms with Gasteiger partial charge in [0, 0.05) is 43.2 Å². The van der Waals surface area contributed by atoms with Crippen LogP contribution in [0.25, 0.3) is 6.08 Å². The standard InChI is InChI=1S/C64H75NO15Si/c1-12-81(13-2,14-3)80-48-35-49-63(37-74-49,79-41(7)67)54-56(78-59(70)45-28-22-17-23-29-45)64(72)36-47(39(5)50(61(64,8)9)52(75-40(6)66)55(68)62(48,54)10)76-60(71)53-51(43-26-20-16-21-27-43)65(57(69)38(4)34-42-24-18-15-19-25-42)58(77-53)44-30-32-46(73-11)33-31-44/h15-34,47-49,51-54,56,58,72H,12-14,35-37H2,1-11H3/b38-34+. The predicted molar refractivity (Wildman–Crippen MR) is 301 cm³/mol. The fourth-order valence-electron chi connectivity index (χ4n) is 13.7. The second kappa shape index (κ2) is 22.9. The summed E-state index contributed by atoms with van der Waals surface area (Å²) in [6.45, 7) is 16.7. The van der Waals surface area contributed by atoms with Gasteiger partial charge >= 0.3 is 23.9 Å². The van der Waals surface area contributed by atoms with Gasteiger partial charge in [-0.1, -0.05) is 126 Å². The Balaban J connectivity index is 1.24. The summed E-state index contributed by atoms with van der Waals surface area (Å²) in [5, 5.41) is 14.5. The highest BCUT2D eigenvalue weighted by Gasteiger charge is 2.79. The lowest BCUT2D eigenvalue weighted by Crippen LogP contribution is -2.82. The number of carbonyl (C=O) groups is 6. The van der Waals surface area contributed by atoms with Crippen molar-refractivity contribution in [2.75, 3.05) is 13.7 Å². The van der Waals surface area contributed by atoms with Crippen LogP contribution in [0.15, 0.2) is 132 Å². The molecule has 17 heteroatoms. The second-order valence-electron chi connectivity index (χ2n) is 23.0. The topological polar surface area (TPSA) is 200 Å². The molecule has 16 nitrogen and oxygen atoms in total. The number of benzene rings is 4. The smallest absolute Gasteiger partial charge is 0.338 e.